The second-order valence-electron chi connectivity index (χ2n) is 4.64. The van der Waals surface area contributed by atoms with E-state index in [9.17, 15) is 10.1 Å². The molecule has 0 fully saturated rings. The number of aromatic nitrogens is 3. The van der Waals surface area contributed by atoms with Crippen molar-refractivity contribution in [2.75, 3.05) is 10.6 Å². The molecule has 2 aromatic heterocycles. The Labute approximate surface area is 145 Å². The van der Waals surface area contributed by atoms with Crippen LogP contribution in [-0.4, -0.2) is 19.9 Å². The average Bonchev–Trinajstić information content (AvgIpc) is 2.58. The van der Waals surface area contributed by atoms with Gasteiger partial charge >= 0.3 is 5.69 Å². The lowest BCUT2D eigenvalue weighted by Crippen LogP contribution is -2.05. The second-order valence-corrected chi connectivity index (χ2v) is 5.50. The minimum absolute atomic E-state index is 0.0933. The maximum absolute atomic E-state index is 11.5. The van der Waals surface area contributed by atoms with Gasteiger partial charge in [0.05, 0.1) is 10.6 Å². The molecule has 3 aromatic rings. The molecule has 0 aliphatic heterocycles. The van der Waals surface area contributed by atoms with E-state index in [0.29, 0.717) is 11.4 Å². The molecule has 0 unspecified atom stereocenters. The molecule has 0 atom stereocenters. The summed E-state index contributed by atoms with van der Waals surface area (Å²) in [5.41, 5.74) is 1.05. The fraction of sp³-hybridized carbons (Fsp3) is 0. The monoisotopic (exact) mass is 386 g/mol. The van der Waals surface area contributed by atoms with Crippen LogP contribution >= 0.6 is 15.9 Å². The summed E-state index contributed by atoms with van der Waals surface area (Å²) in [6.07, 6.45) is 4.42. The Morgan fingerprint density at radius 2 is 1.67 bits per heavy atom. The van der Waals surface area contributed by atoms with Crippen molar-refractivity contribution >= 4 is 44.6 Å². The molecule has 0 saturated carbocycles. The molecule has 0 aliphatic rings. The first-order valence-electron chi connectivity index (χ1n) is 6.83. The molecule has 120 valence electrons. The van der Waals surface area contributed by atoms with Gasteiger partial charge in [0.25, 0.3) is 0 Å². The Bertz CT molecular complexity index is 875. The summed E-state index contributed by atoms with van der Waals surface area (Å²) in [6, 6.07) is 10.6. The smallest absolute Gasteiger partial charge is 0.334 e. The second kappa shape index (κ2) is 7.01. The van der Waals surface area contributed by atoms with Gasteiger partial charge in [-0.05, 0) is 40.2 Å². The molecule has 9 heteroatoms. The summed E-state index contributed by atoms with van der Waals surface area (Å²) < 4.78 is 0.765. The van der Waals surface area contributed by atoms with E-state index in [0.717, 1.165) is 4.47 Å². The molecule has 0 aliphatic carbocycles. The molecule has 1 aromatic carbocycles. The van der Waals surface area contributed by atoms with Crippen LogP contribution in [0.4, 0.5) is 28.7 Å². The van der Waals surface area contributed by atoms with Crippen molar-refractivity contribution in [3.05, 3.63) is 69.7 Å². The summed E-state index contributed by atoms with van der Waals surface area (Å²) in [4.78, 5) is 22.9. The van der Waals surface area contributed by atoms with Gasteiger partial charge in [-0.15, -0.1) is 0 Å². The molecule has 0 amide bonds. The number of rotatable bonds is 5. The van der Waals surface area contributed by atoms with Crippen LogP contribution in [0.1, 0.15) is 0 Å². The Balaban J connectivity index is 1.99. The number of nitrogens with one attached hydrogen (secondary N) is 2. The van der Waals surface area contributed by atoms with E-state index in [-0.39, 0.29) is 17.3 Å². The average molecular weight is 387 g/mol. The van der Waals surface area contributed by atoms with Crippen LogP contribution in [0, 0.1) is 10.1 Å². The number of nitro groups is 1. The number of anilines is 4. The first-order valence-corrected chi connectivity index (χ1v) is 7.62. The highest BCUT2D eigenvalue weighted by Crippen LogP contribution is 2.34. The van der Waals surface area contributed by atoms with E-state index in [1.165, 1.54) is 6.33 Å². The zero-order valence-corrected chi connectivity index (χ0v) is 13.8. The number of para-hydroxylation sites is 1. The molecule has 8 nitrogen and oxygen atoms in total. The van der Waals surface area contributed by atoms with E-state index in [1.54, 1.807) is 30.6 Å². The molecular formula is C15H11BrN6O2. The van der Waals surface area contributed by atoms with Gasteiger partial charge in [-0.3, -0.25) is 15.1 Å². The van der Waals surface area contributed by atoms with Crippen LogP contribution in [0.2, 0.25) is 0 Å². The number of hydrogen-bond acceptors (Lipinski definition) is 7. The van der Waals surface area contributed by atoms with Gasteiger partial charge in [0.1, 0.15) is 6.33 Å². The summed E-state index contributed by atoms with van der Waals surface area (Å²) in [6.45, 7) is 0. The van der Waals surface area contributed by atoms with Crippen LogP contribution in [-0.2, 0) is 0 Å². The van der Waals surface area contributed by atoms with Gasteiger partial charge in [-0.1, -0.05) is 12.1 Å². The van der Waals surface area contributed by atoms with Crippen LogP contribution in [0.3, 0.4) is 0 Å². The fourth-order valence-corrected chi connectivity index (χ4v) is 2.38. The summed E-state index contributed by atoms with van der Waals surface area (Å²) in [5.74, 6) is 0.189. The largest absolute Gasteiger partial charge is 0.353 e. The summed E-state index contributed by atoms with van der Waals surface area (Å²) in [7, 11) is 0. The zero-order chi connectivity index (χ0) is 16.9. The van der Waals surface area contributed by atoms with Crippen molar-refractivity contribution in [2.24, 2.45) is 0 Å². The Hall–Kier alpha value is -3.07. The lowest BCUT2D eigenvalue weighted by molar-refractivity contribution is -0.383. The van der Waals surface area contributed by atoms with Crippen LogP contribution in [0.5, 0.6) is 0 Å². The zero-order valence-electron chi connectivity index (χ0n) is 12.2. The highest BCUT2D eigenvalue weighted by molar-refractivity contribution is 9.10. The van der Waals surface area contributed by atoms with Crippen molar-refractivity contribution in [3.63, 3.8) is 0 Å². The first-order chi connectivity index (χ1) is 11.6. The third-order valence-corrected chi connectivity index (χ3v) is 3.77. The normalized spacial score (nSPS) is 10.2. The van der Waals surface area contributed by atoms with Gasteiger partial charge < -0.3 is 10.6 Å². The molecule has 0 bridgehead atoms. The van der Waals surface area contributed by atoms with Gasteiger partial charge in [0, 0.05) is 22.6 Å². The van der Waals surface area contributed by atoms with Gasteiger partial charge in [0.15, 0.2) is 0 Å². The minimum Gasteiger partial charge on any atom is -0.334 e. The topological polar surface area (TPSA) is 106 Å². The summed E-state index contributed by atoms with van der Waals surface area (Å²) in [5, 5.41) is 17.4. The van der Waals surface area contributed by atoms with E-state index in [1.807, 2.05) is 18.2 Å². The maximum Gasteiger partial charge on any atom is 0.353 e. The molecule has 0 spiro atoms. The number of nitrogens with zero attached hydrogens (tertiary/aromatic N) is 4. The molecule has 0 radical (unpaired) electrons. The van der Waals surface area contributed by atoms with Gasteiger partial charge in [0.2, 0.25) is 11.6 Å². The lowest BCUT2D eigenvalue weighted by Gasteiger charge is -2.10. The third-order valence-electron chi connectivity index (χ3n) is 3.07. The third kappa shape index (κ3) is 3.46. The molecule has 24 heavy (non-hydrogen) atoms. The Morgan fingerprint density at radius 3 is 2.33 bits per heavy atom. The number of hydrogen-bond donors (Lipinski definition) is 2. The van der Waals surface area contributed by atoms with E-state index in [2.05, 4.69) is 41.5 Å². The predicted octanol–water partition coefficient (Wildman–Crippen LogP) is 4.03. The van der Waals surface area contributed by atoms with Crippen molar-refractivity contribution in [3.8, 4) is 0 Å². The highest BCUT2D eigenvalue weighted by atomic mass is 79.9. The summed E-state index contributed by atoms with van der Waals surface area (Å²) >= 11 is 3.39. The van der Waals surface area contributed by atoms with Crippen molar-refractivity contribution in [2.45, 2.75) is 0 Å². The molecule has 3 rings (SSSR count). The molecular weight excluding hydrogens is 376 g/mol. The maximum atomic E-state index is 11.5. The quantitative estimate of drug-likeness (QED) is 0.503. The van der Waals surface area contributed by atoms with Crippen LogP contribution < -0.4 is 10.6 Å². The van der Waals surface area contributed by atoms with Crippen molar-refractivity contribution < 1.29 is 4.92 Å². The molecule has 2 N–H and O–H groups in total. The lowest BCUT2D eigenvalue weighted by atomic mass is 10.3. The standard InChI is InChI=1S/C15H11BrN6O2/c16-11-3-1-2-4-12(11)21-15-13(22(23)24)14(18-9-19-15)20-10-5-7-17-8-6-10/h1-9H,(H2,17,18,19,20,21). The van der Waals surface area contributed by atoms with E-state index < -0.39 is 4.92 Å². The Morgan fingerprint density at radius 1 is 1.00 bits per heavy atom. The first kappa shape index (κ1) is 15.8. The number of halogens is 1. The predicted molar refractivity (Wildman–Crippen MR) is 93.6 cm³/mol. The highest BCUT2D eigenvalue weighted by Gasteiger charge is 2.23. The fourth-order valence-electron chi connectivity index (χ4n) is 2.00. The molecule has 2 heterocycles. The number of pyridine rings is 1. The van der Waals surface area contributed by atoms with Crippen molar-refractivity contribution in [1.29, 1.82) is 0 Å². The van der Waals surface area contributed by atoms with Crippen molar-refractivity contribution in [1.82, 2.24) is 15.0 Å². The Kier molecular flexibility index (Phi) is 4.62. The minimum atomic E-state index is -0.525. The van der Waals surface area contributed by atoms with Crippen LogP contribution in [0.15, 0.2) is 59.6 Å². The van der Waals surface area contributed by atoms with E-state index in [4.69, 9.17) is 0 Å². The van der Waals surface area contributed by atoms with Gasteiger partial charge in [-0.25, -0.2) is 9.97 Å². The van der Waals surface area contributed by atoms with E-state index >= 15 is 0 Å². The number of benzene rings is 1. The van der Waals surface area contributed by atoms with Crippen LogP contribution in [0.25, 0.3) is 0 Å². The van der Waals surface area contributed by atoms with Gasteiger partial charge in [-0.2, -0.15) is 0 Å². The SMILES string of the molecule is O=[N+]([O-])c1c(Nc2ccncc2)ncnc1Nc1ccccc1Br. The molecule has 0 saturated heterocycles.